The van der Waals surface area contributed by atoms with Crippen molar-refractivity contribution >= 4 is 34.7 Å². The van der Waals surface area contributed by atoms with Crippen molar-refractivity contribution in [3.63, 3.8) is 0 Å². The summed E-state index contributed by atoms with van der Waals surface area (Å²) >= 11 is 1.67. The minimum atomic E-state index is -0.474. The first-order chi connectivity index (χ1) is 13.6. The van der Waals surface area contributed by atoms with E-state index in [9.17, 15) is 9.59 Å². The van der Waals surface area contributed by atoms with E-state index >= 15 is 0 Å². The normalized spacial score (nSPS) is 10.6. The van der Waals surface area contributed by atoms with Crippen LogP contribution in [0.2, 0.25) is 0 Å². The standard InChI is InChI=1S/C19H20N4O4S/c1-13-3-6-15(7-4-13)28-10-9-20-18(24)12-27-23-17-11-14(19(25)26-2)5-8-16(17)21-22-23/h3-8,11H,9-10,12H2,1-2H3,(H,20,24). The third-order valence-corrected chi connectivity index (χ3v) is 4.88. The summed E-state index contributed by atoms with van der Waals surface area (Å²) in [5.41, 5.74) is 2.59. The number of methoxy groups -OCH3 is 1. The molecule has 8 nitrogen and oxygen atoms in total. The first-order valence-corrected chi connectivity index (χ1v) is 9.58. The number of hydrogen-bond donors (Lipinski definition) is 1. The van der Waals surface area contributed by atoms with Crippen LogP contribution in [0.15, 0.2) is 47.4 Å². The van der Waals surface area contributed by atoms with Gasteiger partial charge in [-0.3, -0.25) is 4.79 Å². The fraction of sp³-hybridized carbons (Fsp3) is 0.263. The summed E-state index contributed by atoms with van der Waals surface area (Å²) in [6, 6.07) is 13.0. The lowest BCUT2D eigenvalue weighted by Crippen LogP contribution is -2.33. The molecule has 0 saturated heterocycles. The van der Waals surface area contributed by atoms with Crippen molar-refractivity contribution in [1.82, 2.24) is 20.5 Å². The molecule has 1 heterocycles. The van der Waals surface area contributed by atoms with Gasteiger partial charge in [0.15, 0.2) is 6.61 Å². The average Bonchev–Trinajstić information content (AvgIpc) is 3.12. The number of ether oxygens (including phenoxy) is 1. The van der Waals surface area contributed by atoms with Crippen LogP contribution in [0.5, 0.6) is 0 Å². The molecule has 0 spiro atoms. The number of rotatable bonds is 8. The van der Waals surface area contributed by atoms with E-state index in [2.05, 4.69) is 39.9 Å². The average molecular weight is 400 g/mol. The number of fused-ring (bicyclic) bond motifs is 1. The van der Waals surface area contributed by atoms with E-state index in [1.807, 2.05) is 6.92 Å². The lowest BCUT2D eigenvalue weighted by atomic mass is 10.2. The van der Waals surface area contributed by atoms with Gasteiger partial charge in [0, 0.05) is 17.2 Å². The number of aromatic nitrogens is 3. The molecule has 0 fully saturated rings. The monoisotopic (exact) mass is 400 g/mol. The quantitative estimate of drug-likeness (QED) is 0.350. The number of esters is 1. The number of thioether (sulfide) groups is 1. The highest BCUT2D eigenvalue weighted by Gasteiger charge is 2.12. The third kappa shape index (κ3) is 5.01. The van der Waals surface area contributed by atoms with E-state index in [1.54, 1.807) is 30.0 Å². The fourth-order valence-corrected chi connectivity index (χ4v) is 3.17. The summed E-state index contributed by atoms with van der Waals surface area (Å²) in [5, 5.41) is 10.6. The van der Waals surface area contributed by atoms with E-state index < -0.39 is 5.97 Å². The van der Waals surface area contributed by atoms with Crippen LogP contribution in [0.1, 0.15) is 15.9 Å². The van der Waals surface area contributed by atoms with Crippen LogP contribution in [-0.4, -0.2) is 53.0 Å². The molecule has 0 radical (unpaired) electrons. The molecule has 1 aromatic heterocycles. The van der Waals surface area contributed by atoms with E-state index in [0.717, 1.165) is 15.5 Å². The van der Waals surface area contributed by atoms with Crippen LogP contribution >= 0.6 is 11.8 Å². The Bertz CT molecular complexity index is 972. The number of hydrogen-bond acceptors (Lipinski definition) is 7. The van der Waals surface area contributed by atoms with Crippen molar-refractivity contribution in [1.29, 1.82) is 0 Å². The zero-order chi connectivity index (χ0) is 19.9. The van der Waals surface area contributed by atoms with Gasteiger partial charge in [0.2, 0.25) is 0 Å². The molecule has 3 rings (SSSR count). The second-order valence-corrected chi connectivity index (χ2v) is 7.11. The van der Waals surface area contributed by atoms with E-state index in [4.69, 9.17) is 9.57 Å². The van der Waals surface area contributed by atoms with Crippen molar-refractivity contribution in [2.45, 2.75) is 11.8 Å². The molecule has 28 heavy (non-hydrogen) atoms. The van der Waals surface area contributed by atoms with Gasteiger partial charge >= 0.3 is 5.97 Å². The highest BCUT2D eigenvalue weighted by molar-refractivity contribution is 7.99. The maximum absolute atomic E-state index is 12.0. The minimum Gasteiger partial charge on any atom is -0.465 e. The van der Waals surface area contributed by atoms with Gasteiger partial charge in [-0.15, -0.1) is 16.9 Å². The maximum atomic E-state index is 12.0. The molecule has 0 unspecified atom stereocenters. The van der Waals surface area contributed by atoms with Gasteiger partial charge in [0.05, 0.1) is 12.7 Å². The zero-order valence-electron chi connectivity index (χ0n) is 15.5. The Morgan fingerprint density at radius 2 is 1.96 bits per heavy atom. The Hall–Kier alpha value is -3.07. The highest BCUT2D eigenvalue weighted by Crippen LogP contribution is 2.17. The lowest BCUT2D eigenvalue weighted by molar-refractivity contribution is -0.126. The van der Waals surface area contributed by atoms with Gasteiger partial charge in [-0.2, -0.15) is 0 Å². The Morgan fingerprint density at radius 3 is 2.71 bits per heavy atom. The first-order valence-electron chi connectivity index (χ1n) is 8.60. The molecule has 0 atom stereocenters. The molecule has 0 saturated carbocycles. The summed E-state index contributed by atoms with van der Waals surface area (Å²) in [5.74, 6) is 0.0135. The molecule has 1 amide bonds. The lowest BCUT2D eigenvalue weighted by Gasteiger charge is -2.07. The Morgan fingerprint density at radius 1 is 1.18 bits per heavy atom. The SMILES string of the molecule is COC(=O)c1ccc2nnn(OCC(=O)NCCSc3ccc(C)cc3)c2c1. The van der Waals surface area contributed by atoms with Gasteiger partial charge in [0.25, 0.3) is 5.91 Å². The molecule has 0 aliphatic heterocycles. The smallest absolute Gasteiger partial charge is 0.337 e. The van der Waals surface area contributed by atoms with Gasteiger partial charge in [-0.25, -0.2) is 4.79 Å². The van der Waals surface area contributed by atoms with Gasteiger partial charge < -0.3 is 14.9 Å². The van der Waals surface area contributed by atoms with Crippen molar-refractivity contribution in [3.8, 4) is 0 Å². The predicted octanol–water partition coefficient (Wildman–Crippen LogP) is 1.86. The largest absolute Gasteiger partial charge is 0.465 e. The summed E-state index contributed by atoms with van der Waals surface area (Å²) in [4.78, 5) is 31.3. The Balaban J connectivity index is 1.47. The van der Waals surface area contributed by atoms with Gasteiger partial charge in [-0.1, -0.05) is 22.5 Å². The second-order valence-electron chi connectivity index (χ2n) is 5.94. The molecule has 3 aromatic rings. The van der Waals surface area contributed by atoms with Crippen molar-refractivity contribution in [2.75, 3.05) is 26.0 Å². The number of aryl methyl sites for hydroxylation is 1. The number of amides is 1. The number of carbonyl (C=O) groups is 2. The van der Waals surface area contributed by atoms with E-state index in [1.165, 1.54) is 12.7 Å². The molecular formula is C19H20N4O4S. The molecule has 2 aromatic carbocycles. The second kappa shape index (κ2) is 9.23. The molecule has 9 heteroatoms. The number of carbonyl (C=O) groups excluding carboxylic acids is 2. The molecular weight excluding hydrogens is 380 g/mol. The summed E-state index contributed by atoms with van der Waals surface area (Å²) in [6.07, 6.45) is 0. The van der Waals surface area contributed by atoms with Crippen LogP contribution in [0.3, 0.4) is 0 Å². The molecule has 0 aliphatic carbocycles. The van der Waals surface area contributed by atoms with Crippen LogP contribution < -0.4 is 10.2 Å². The summed E-state index contributed by atoms with van der Waals surface area (Å²) in [6.45, 7) is 2.35. The van der Waals surface area contributed by atoms with Crippen LogP contribution in [0.4, 0.5) is 0 Å². The van der Waals surface area contributed by atoms with Crippen LogP contribution in [-0.2, 0) is 9.53 Å². The van der Waals surface area contributed by atoms with Gasteiger partial charge in [0.1, 0.15) is 11.0 Å². The van der Waals surface area contributed by atoms with Crippen LogP contribution in [0, 0.1) is 6.92 Å². The molecule has 0 bridgehead atoms. The Kier molecular flexibility index (Phi) is 6.49. The molecule has 1 N–H and O–H groups in total. The van der Waals surface area contributed by atoms with Crippen LogP contribution in [0.25, 0.3) is 11.0 Å². The van der Waals surface area contributed by atoms with E-state index in [-0.39, 0.29) is 12.5 Å². The summed E-state index contributed by atoms with van der Waals surface area (Å²) < 4.78 is 4.70. The maximum Gasteiger partial charge on any atom is 0.337 e. The topological polar surface area (TPSA) is 95.3 Å². The number of nitrogens with one attached hydrogen (secondary N) is 1. The minimum absolute atomic E-state index is 0.212. The number of benzene rings is 2. The third-order valence-electron chi connectivity index (χ3n) is 3.87. The first kappa shape index (κ1) is 19.7. The summed E-state index contributed by atoms with van der Waals surface area (Å²) in [7, 11) is 1.31. The van der Waals surface area contributed by atoms with Crippen molar-refractivity contribution in [3.05, 3.63) is 53.6 Å². The van der Waals surface area contributed by atoms with Crippen molar-refractivity contribution in [2.24, 2.45) is 0 Å². The Labute approximate surface area is 166 Å². The van der Waals surface area contributed by atoms with Gasteiger partial charge in [-0.05, 0) is 42.5 Å². The number of nitrogens with zero attached hydrogens (tertiary/aromatic N) is 3. The fourth-order valence-electron chi connectivity index (χ4n) is 2.40. The predicted molar refractivity (Wildman–Crippen MR) is 105 cm³/mol. The highest BCUT2D eigenvalue weighted by atomic mass is 32.2. The van der Waals surface area contributed by atoms with E-state index in [0.29, 0.717) is 23.1 Å². The zero-order valence-corrected chi connectivity index (χ0v) is 16.4. The van der Waals surface area contributed by atoms with Crippen molar-refractivity contribution < 1.29 is 19.2 Å². The molecule has 0 aliphatic rings. The molecule has 146 valence electrons.